The zero-order valence-electron chi connectivity index (χ0n) is 11.8. The number of hydrogen-bond donors (Lipinski definition) is 1. The Labute approximate surface area is 137 Å². The van der Waals surface area contributed by atoms with E-state index in [-0.39, 0.29) is 5.57 Å². The van der Waals surface area contributed by atoms with Crippen molar-refractivity contribution in [3.63, 3.8) is 0 Å². The van der Waals surface area contributed by atoms with E-state index in [1.807, 2.05) is 30.3 Å². The van der Waals surface area contributed by atoms with Crippen molar-refractivity contribution in [2.24, 2.45) is 0 Å². The third kappa shape index (κ3) is 3.74. The van der Waals surface area contributed by atoms with Gasteiger partial charge in [-0.3, -0.25) is 4.79 Å². The van der Waals surface area contributed by atoms with Gasteiger partial charge in [0.1, 0.15) is 17.4 Å². The number of methoxy groups -OCH3 is 1. The molecule has 1 N–H and O–H groups in total. The van der Waals surface area contributed by atoms with Crippen LogP contribution < -0.4 is 10.1 Å². The van der Waals surface area contributed by atoms with Gasteiger partial charge in [-0.15, -0.1) is 0 Å². The number of rotatable bonds is 4. The lowest BCUT2D eigenvalue weighted by Gasteiger charge is -2.07. The molecule has 4 nitrogen and oxygen atoms in total. The van der Waals surface area contributed by atoms with Gasteiger partial charge in [-0.05, 0) is 40.2 Å². The molecule has 0 atom stereocenters. The quantitative estimate of drug-likeness (QED) is 0.665. The number of anilines is 1. The molecule has 0 aliphatic rings. The Balaban J connectivity index is 2.28. The number of nitrogens with one attached hydrogen (secondary N) is 1. The maximum atomic E-state index is 12.2. The van der Waals surface area contributed by atoms with Gasteiger partial charge in [-0.2, -0.15) is 5.26 Å². The molecule has 0 bridgehead atoms. The summed E-state index contributed by atoms with van der Waals surface area (Å²) in [4.78, 5) is 12.2. The zero-order chi connectivity index (χ0) is 15.9. The van der Waals surface area contributed by atoms with Crippen LogP contribution in [0.25, 0.3) is 6.08 Å². The highest BCUT2D eigenvalue weighted by atomic mass is 79.9. The maximum Gasteiger partial charge on any atom is 0.266 e. The molecule has 1 amide bonds. The number of halogens is 1. The molecular weight excluding hydrogens is 344 g/mol. The molecule has 110 valence electrons. The first-order valence-corrected chi connectivity index (χ1v) is 7.25. The van der Waals surface area contributed by atoms with E-state index in [9.17, 15) is 10.1 Å². The normalized spacial score (nSPS) is 10.7. The second-order valence-electron chi connectivity index (χ2n) is 4.35. The monoisotopic (exact) mass is 356 g/mol. The van der Waals surface area contributed by atoms with Crippen molar-refractivity contribution in [2.75, 3.05) is 12.4 Å². The lowest BCUT2D eigenvalue weighted by Crippen LogP contribution is -2.13. The highest BCUT2D eigenvalue weighted by Gasteiger charge is 2.12. The van der Waals surface area contributed by atoms with E-state index in [0.29, 0.717) is 17.0 Å². The Kier molecular flexibility index (Phi) is 5.34. The van der Waals surface area contributed by atoms with Crippen molar-refractivity contribution < 1.29 is 9.53 Å². The lowest BCUT2D eigenvalue weighted by molar-refractivity contribution is -0.112. The van der Waals surface area contributed by atoms with Crippen LogP contribution in [0.2, 0.25) is 0 Å². The maximum absolute atomic E-state index is 12.2. The fraction of sp³-hybridized carbons (Fsp3) is 0.0588. The van der Waals surface area contributed by atoms with Crippen molar-refractivity contribution in [1.82, 2.24) is 0 Å². The summed E-state index contributed by atoms with van der Waals surface area (Å²) in [7, 11) is 1.54. The van der Waals surface area contributed by atoms with Gasteiger partial charge in [0.2, 0.25) is 0 Å². The standard InChI is InChI=1S/C17H13BrN2O2/c1-22-16-9-5-2-6-12(16)10-13(11-19)17(21)20-15-8-4-3-7-14(15)18/h2-10H,1H3,(H,20,21). The summed E-state index contributed by atoms with van der Waals surface area (Å²) < 4.78 is 5.96. The van der Waals surface area contributed by atoms with Crippen LogP contribution in [-0.4, -0.2) is 13.0 Å². The minimum atomic E-state index is -0.472. The predicted octanol–water partition coefficient (Wildman–Crippen LogP) is 4.00. The third-order valence-corrected chi connectivity index (χ3v) is 3.62. The molecule has 5 heteroatoms. The average Bonchev–Trinajstić information content (AvgIpc) is 2.55. The van der Waals surface area contributed by atoms with Gasteiger partial charge in [0.05, 0.1) is 12.8 Å². The van der Waals surface area contributed by atoms with Crippen LogP contribution in [0.1, 0.15) is 5.56 Å². The molecular formula is C17H13BrN2O2. The van der Waals surface area contributed by atoms with Gasteiger partial charge in [0.15, 0.2) is 0 Å². The summed E-state index contributed by atoms with van der Waals surface area (Å²) in [5.74, 6) is 0.129. The van der Waals surface area contributed by atoms with E-state index in [1.165, 1.54) is 6.08 Å². The molecule has 0 spiro atoms. The van der Waals surface area contributed by atoms with Gasteiger partial charge in [0, 0.05) is 10.0 Å². The number of ether oxygens (including phenoxy) is 1. The van der Waals surface area contributed by atoms with Crippen LogP contribution in [0, 0.1) is 11.3 Å². The molecule has 0 saturated carbocycles. The molecule has 0 radical (unpaired) electrons. The van der Waals surface area contributed by atoms with Crippen LogP contribution in [-0.2, 0) is 4.79 Å². The first kappa shape index (κ1) is 15.8. The Hall–Kier alpha value is -2.58. The van der Waals surface area contributed by atoms with Gasteiger partial charge >= 0.3 is 0 Å². The topological polar surface area (TPSA) is 62.1 Å². The number of amides is 1. The minimum Gasteiger partial charge on any atom is -0.496 e. The number of carbonyl (C=O) groups is 1. The number of nitriles is 1. The predicted molar refractivity (Wildman–Crippen MR) is 89.4 cm³/mol. The van der Waals surface area contributed by atoms with Crippen LogP contribution >= 0.6 is 15.9 Å². The first-order valence-electron chi connectivity index (χ1n) is 6.46. The third-order valence-electron chi connectivity index (χ3n) is 2.93. The summed E-state index contributed by atoms with van der Waals surface area (Å²) in [6.07, 6.45) is 1.50. The van der Waals surface area contributed by atoms with Crippen LogP contribution in [0.15, 0.2) is 58.6 Å². The number of benzene rings is 2. The summed E-state index contributed by atoms with van der Waals surface area (Å²) in [6.45, 7) is 0. The van der Waals surface area contributed by atoms with E-state index >= 15 is 0 Å². The highest BCUT2D eigenvalue weighted by molar-refractivity contribution is 9.10. The van der Waals surface area contributed by atoms with Crippen molar-refractivity contribution in [1.29, 1.82) is 5.26 Å². The number of para-hydroxylation sites is 2. The summed E-state index contributed by atoms with van der Waals surface area (Å²) in [5.41, 5.74) is 1.28. The second-order valence-corrected chi connectivity index (χ2v) is 5.20. The largest absolute Gasteiger partial charge is 0.496 e. The Morgan fingerprint density at radius 3 is 2.59 bits per heavy atom. The molecule has 0 saturated heterocycles. The molecule has 0 unspecified atom stereocenters. The number of hydrogen-bond acceptors (Lipinski definition) is 3. The van der Waals surface area contributed by atoms with Gasteiger partial charge < -0.3 is 10.1 Å². The van der Waals surface area contributed by atoms with Crippen LogP contribution in [0.4, 0.5) is 5.69 Å². The molecule has 2 aromatic carbocycles. The molecule has 2 rings (SSSR count). The van der Waals surface area contributed by atoms with E-state index in [0.717, 1.165) is 4.47 Å². The summed E-state index contributed by atoms with van der Waals surface area (Å²) in [5, 5.41) is 11.9. The smallest absolute Gasteiger partial charge is 0.266 e. The Bertz CT molecular complexity index is 763. The molecule has 0 aliphatic carbocycles. The Morgan fingerprint density at radius 1 is 1.23 bits per heavy atom. The molecule has 0 fully saturated rings. The average molecular weight is 357 g/mol. The van der Waals surface area contributed by atoms with E-state index in [2.05, 4.69) is 21.2 Å². The summed E-state index contributed by atoms with van der Waals surface area (Å²) in [6, 6.07) is 16.3. The van der Waals surface area contributed by atoms with Crippen molar-refractivity contribution in [3.8, 4) is 11.8 Å². The number of carbonyl (C=O) groups excluding carboxylic acids is 1. The zero-order valence-corrected chi connectivity index (χ0v) is 13.4. The van der Waals surface area contributed by atoms with Crippen LogP contribution in [0.3, 0.4) is 0 Å². The van der Waals surface area contributed by atoms with Crippen molar-refractivity contribution in [3.05, 3.63) is 64.1 Å². The van der Waals surface area contributed by atoms with Crippen molar-refractivity contribution in [2.45, 2.75) is 0 Å². The summed E-state index contributed by atoms with van der Waals surface area (Å²) >= 11 is 3.35. The molecule has 0 heterocycles. The van der Waals surface area contributed by atoms with Gasteiger partial charge in [-0.25, -0.2) is 0 Å². The first-order chi connectivity index (χ1) is 10.7. The molecule has 0 aliphatic heterocycles. The van der Waals surface area contributed by atoms with E-state index in [4.69, 9.17) is 4.74 Å². The molecule has 22 heavy (non-hydrogen) atoms. The lowest BCUT2D eigenvalue weighted by atomic mass is 10.1. The van der Waals surface area contributed by atoms with E-state index < -0.39 is 5.91 Å². The minimum absolute atomic E-state index is 0.000234. The fourth-order valence-electron chi connectivity index (χ4n) is 1.84. The van der Waals surface area contributed by atoms with Gasteiger partial charge in [0.25, 0.3) is 5.91 Å². The molecule has 0 aromatic heterocycles. The molecule has 2 aromatic rings. The van der Waals surface area contributed by atoms with Crippen molar-refractivity contribution >= 4 is 33.6 Å². The SMILES string of the molecule is COc1ccccc1C=C(C#N)C(=O)Nc1ccccc1Br. The second kappa shape index (κ2) is 7.43. The Morgan fingerprint density at radius 2 is 1.91 bits per heavy atom. The number of nitrogens with zero attached hydrogens (tertiary/aromatic N) is 1. The van der Waals surface area contributed by atoms with Gasteiger partial charge in [-0.1, -0.05) is 30.3 Å². The van der Waals surface area contributed by atoms with E-state index in [1.54, 1.807) is 31.4 Å². The van der Waals surface area contributed by atoms with Crippen LogP contribution in [0.5, 0.6) is 5.75 Å². The highest BCUT2D eigenvalue weighted by Crippen LogP contribution is 2.23. The fourth-order valence-corrected chi connectivity index (χ4v) is 2.23.